The van der Waals surface area contributed by atoms with E-state index < -0.39 is 0 Å². The van der Waals surface area contributed by atoms with E-state index in [1.807, 2.05) is 30.3 Å². The number of nitrogens with zero attached hydrogens (tertiary/aromatic N) is 1. The van der Waals surface area contributed by atoms with Crippen LogP contribution in [0.4, 0.5) is 0 Å². The van der Waals surface area contributed by atoms with Crippen LogP contribution in [0.3, 0.4) is 0 Å². The molecule has 2 aromatic carbocycles. The highest BCUT2D eigenvalue weighted by atomic mass is 16.7. The van der Waals surface area contributed by atoms with Crippen molar-refractivity contribution in [2.24, 2.45) is 5.16 Å². The summed E-state index contributed by atoms with van der Waals surface area (Å²) in [6.45, 7) is 0.406. The smallest absolute Gasteiger partial charge is 0.273 e. The van der Waals surface area contributed by atoms with Gasteiger partial charge in [-0.1, -0.05) is 35.5 Å². The zero-order valence-electron chi connectivity index (χ0n) is 13.9. The summed E-state index contributed by atoms with van der Waals surface area (Å²) >= 11 is 0. The predicted molar refractivity (Wildman–Crippen MR) is 91.0 cm³/mol. The lowest BCUT2D eigenvalue weighted by Gasteiger charge is -2.13. The van der Waals surface area contributed by atoms with E-state index in [-0.39, 0.29) is 25.0 Å². The van der Waals surface area contributed by atoms with Crippen molar-refractivity contribution < 1.29 is 23.8 Å². The number of carbonyl (C=O) groups is 1. The highest BCUT2D eigenvalue weighted by molar-refractivity contribution is 6.45. The summed E-state index contributed by atoms with van der Waals surface area (Å²) < 4.78 is 16.7. The SMILES string of the molecule is CNC(=O)/C(=N/OC)c1ccccc1COc1cccc2c1OCO2. The van der Waals surface area contributed by atoms with Crippen LogP contribution in [0.2, 0.25) is 0 Å². The van der Waals surface area contributed by atoms with Crippen LogP contribution < -0.4 is 19.5 Å². The normalized spacial score (nSPS) is 12.6. The first-order valence-electron chi connectivity index (χ1n) is 7.67. The van der Waals surface area contributed by atoms with E-state index in [9.17, 15) is 4.79 Å². The summed E-state index contributed by atoms with van der Waals surface area (Å²) in [5.74, 6) is 1.47. The second-order valence-corrected chi connectivity index (χ2v) is 5.14. The zero-order valence-corrected chi connectivity index (χ0v) is 13.9. The van der Waals surface area contributed by atoms with Gasteiger partial charge in [0.05, 0.1) is 0 Å². The highest BCUT2D eigenvalue weighted by Crippen LogP contribution is 2.40. The molecule has 0 atom stereocenters. The molecule has 2 aromatic rings. The molecule has 0 spiro atoms. The number of likely N-dealkylation sites (N-methyl/N-ethyl adjacent to an activating group) is 1. The number of ether oxygens (including phenoxy) is 3. The molecule has 1 N–H and O–H groups in total. The Morgan fingerprint density at radius 3 is 2.84 bits per heavy atom. The maximum absolute atomic E-state index is 12.1. The van der Waals surface area contributed by atoms with Crippen LogP contribution in [0.15, 0.2) is 47.6 Å². The van der Waals surface area contributed by atoms with E-state index in [4.69, 9.17) is 19.0 Å². The van der Waals surface area contributed by atoms with Gasteiger partial charge in [-0.15, -0.1) is 0 Å². The number of carbonyl (C=O) groups excluding carboxylic acids is 1. The van der Waals surface area contributed by atoms with Crippen molar-refractivity contribution in [3.8, 4) is 17.2 Å². The second-order valence-electron chi connectivity index (χ2n) is 5.14. The molecule has 0 radical (unpaired) electrons. The Kier molecular flexibility index (Phi) is 5.03. The van der Waals surface area contributed by atoms with Crippen LogP contribution in [0.1, 0.15) is 11.1 Å². The summed E-state index contributed by atoms with van der Waals surface area (Å²) in [7, 11) is 2.93. The molecule has 0 saturated heterocycles. The molecule has 3 rings (SSSR count). The molecular formula is C18H18N2O5. The lowest BCUT2D eigenvalue weighted by Crippen LogP contribution is -2.29. The van der Waals surface area contributed by atoms with Crippen LogP contribution in [0, 0.1) is 0 Å². The average Bonchev–Trinajstić information content (AvgIpc) is 3.13. The fourth-order valence-corrected chi connectivity index (χ4v) is 2.47. The van der Waals surface area contributed by atoms with E-state index in [0.717, 1.165) is 5.56 Å². The van der Waals surface area contributed by atoms with Gasteiger partial charge in [0, 0.05) is 12.6 Å². The standard InChI is InChI=1S/C18H18N2O5/c1-19-18(21)16(20-22-2)13-7-4-3-6-12(13)10-23-14-8-5-9-15-17(14)25-11-24-15/h3-9H,10-11H2,1-2H3,(H,19,21)/b20-16+. The molecule has 1 aliphatic heterocycles. The Morgan fingerprint density at radius 1 is 1.20 bits per heavy atom. The third-order valence-corrected chi connectivity index (χ3v) is 3.64. The fraction of sp³-hybridized carbons (Fsp3) is 0.222. The van der Waals surface area contributed by atoms with Crippen molar-refractivity contribution in [1.29, 1.82) is 0 Å². The van der Waals surface area contributed by atoms with Crippen molar-refractivity contribution in [3.63, 3.8) is 0 Å². The second kappa shape index (κ2) is 7.57. The minimum Gasteiger partial charge on any atom is -0.485 e. The molecule has 0 bridgehead atoms. The van der Waals surface area contributed by atoms with Crippen LogP contribution >= 0.6 is 0 Å². The molecule has 0 saturated carbocycles. The first kappa shape index (κ1) is 16.6. The predicted octanol–water partition coefficient (Wildman–Crippen LogP) is 2.09. The molecule has 1 amide bonds. The first-order valence-corrected chi connectivity index (χ1v) is 7.67. The molecule has 130 valence electrons. The maximum Gasteiger partial charge on any atom is 0.273 e. The van der Waals surface area contributed by atoms with Gasteiger partial charge in [-0.2, -0.15) is 0 Å². The number of para-hydroxylation sites is 1. The Hall–Kier alpha value is -3.22. The van der Waals surface area contributed by atoms with Gasteiger partial charge in [-0.05, 0) is 17.7 Å². The van der Waals surface area contributed by atoms with Gasteiger partial charge in [-0.3, -0.25) is 4.79 Å². The largest absolute Gasteiger partial charge is 0.485 e. The van der Waals surface area contributed by atoms with E-state index in [2.05, 4.69) is 10.5 Å². The number of hydrogen-bond donors (Lipinski definition) is 1. The molecule has 7 nitrogen and oxygen atoms in total. The van der Waals surface area contributed by atoms with E-state index >= 15 is 0 Å². The number of amides is 1. The van der Waals surface area contributed by atoms with Crippen molar-refractivity contribution in [1.82, 2.24) is 5.32 Å². The fourth-order valence-electron chi connectivity index (χ4n) is 2.47. The lowest BCUT2D eigenvalue weighted by molar-refractivity contribution is -0.114. The average molecular weight is 342 g/mol. The van der Waals surface area contributed by atoms with Crippen molar-refractivity contribution in [3.05, 3.63) is 53.6 Å². The number of fused-ring (bicyclic) bond motifs is 1. The molecular weight excluding hydrogens is 324 g/mol. The number of oxime groups is 1. The molecule has 0 aromatic heterocycles. The van der Waals surface area contributed by atoms with Gasteiger partial charge in [0.1, 0.15) is 13.7 Å². The van der Waals surface area contributed by atoms with Crippen LogP contribution in [0.25, 0.3) is 0 Å². The van der Waals surface area contributed by atoms with Crippen molar-refractivity contribution in [2.75, 3.05) is 21.0 Å². The number of nitrogens with one attached hydrogen (secondary N) is 1. The molecule has 7 heteroatoms. The quantitative estimate of drug-likeness (QED) is 0.642. The summed E-state index contributed by atoms with van der Waals surface area (Å²) in [6.07, 6.45) is 0. The third kappa shape index (κ3) is 3.50. The maximum atomic E-state index is 12.1. The monoisotopic (exact) mass is 342 g/mol. The molecule has 0 fully saturated rings. The van der Waals surface area contributed by atoms with Gasteiger partial charge in [0.15, 0.2) is 17.2 Å². The number of benzene rings is 2. The highest BCUT2D eigenvalue weighted by Gasteiger charge is 2.20. The number of rotatable bonds is 6. The van der Waals surface area contributed by atoms with Crippen LogP contribution in [-0.4, -0.2) is 32.6 Å². The molecule has 1 aliphatic rings. The minimum atomic E-state index is -0.341. The third-order valence-electron chi connectivity index (χ3n) is 3.64. The topological polar surface area (TPSA) is 78.4 Å². The molecule has 0 aliphatic carbocycles. The summed E-state index contributed by atoms with van der Waals surface area (Å²) in [5, 5.41) is 6.40. The van der Waals surface area contributed by atoms with Gasteiger partial charge < -0.3 is 24.4 Å². The van der Waals surface area contributed by atoms with Crippen LogP contribution in [0.5, 0.6) is 17.2 Å². The Bertz CT molecular complexity index is 804. The van der Waals surface area contributed by atoms with E-state index in [0.29, 0.717) is 22.8 Å². The van der Waals surface area contributed by atoms with Gasteiger partial charge in [0.2, 0.25) is 12.5 Å². The Labute approximate surface area is 145 Å². The zero-order chi connectivity index (χ0) is 17.6. The molecule has 25 heavy (non-hydrogen) atoms. The molecule has 0 unspecified atom stereocenters. The summed E-state index contributed by atoms with van der Waals surface area (Å²) in [6, 6.07) is 12.8. The van der Waals surface area contributed by atoms with Gasteiger partial charge in [0.25, 0.3) is 5.91 Å². The number of hydrogen-bond acceptors (Lipinski definition) is 6. The van der Waals surface area contributed by atoms with E-state index in [1.165, 1.54) is 14.2 Å². The minimum absolute atomic E-state index is 0.174. The lowest BCUT2D eigenvalue weighted by atomic mass is 10.0. The first-order chi connectivity index (χ1) is 12.2. The van der Waals surface area contributed by atoms with Crippen molar-refractivity contribution >= 4 is 11.6 Å². The van der Waals surface area contributed by atoms with Crippen LogP contribution in [-0.2, 0) is 16.2 Å². The Morgan fingerprint density at radius 2 is 2.04 bits per heavy atom. The molecule has 1 heterocycles. The summed E-state index contributed by atoms with van der Waals surface area (Å²) in [4.78, 5) is 16.9. The van der Waals surface area contributed by atoms with Gasteiger partial charge in [-0.25, -0.2) is 0 Å². The van der Waals surface area contributed by atoms with E-state index in [1.54, 1.807) is 12.1 Å². The summed E-state index contributed by atoms with van der Waals surface area (Å²) in [5.41, 5.74) is 1.61. The van der Waals surface area contributed by atoms with Gasteiger partial charge >= 0.3 is 0 Å². The Balaban J connectivity index is 1.86. The van der Waals surface area contributed by atoms with Crippen molar-refractivity contribution in [2.45, 2.75) is 6.61 Å².